The van der Waals surface area contributed by atoms with E-state index in [0.29, 0.717) is 28.6 Å². The number of anilines is 2. The molecule has 28 heavy (non-hydrogen) atoms. The van der Waals surface area contributed by atoms with Gasteiger partial charge in [0.15, 0.2) is 0 Å². The monoisotopic (exact) mass is 377 g/mol. The summed E-state index contributed by atoms with van der Waals surface area (Å²) in [6.07, 6.45) is 1.61. The van der Waals surface area contributed by atoms with Crippen LogP contribution in [0.5, 0.6) is 11.5 Å². The predicted molar refractivity (Wildman–Crippen MR) is 110 cm³/mol. The molecule has 0 aliphatic carbocycles. The molecular weight excluding hydrogens is 354 g/mol. The molecule has 144 valence electrons. The number of pyridine rings is 1. The number of rotatable bonds is 7. The quantitative estimate of drug-likeness (QED) is 0.633. The zero-order valence-corrected chi connectivity index (χ0v) is 16.1. The summed E-state index contributed by atoms with van der Waals surface area (Å²) in [5.74, 6) is 1.55. The lowest BCUT2D eigenvalue weighted by atomic mass is 10.1. The van der Waals surface area contributed by atoms with Crippen molar-refractivity contribution < 1.29 is 14.3 Å². The number of nitrogens with one attached hydrogen (secondary N) is 2. The first-order valence-electron chi connectivity index (χ1n) is 8.91. The lowest BCUT2D eigenvalue weighted by Gasteiger charge is -2.16. The number of amides is 1. The van der Waals surface area contributed by atoms with Crippen molar-refractivity contribution in [2.45, 2.75) is 13.0 Å². The Bertz CT molecular complexity index is 945. The van der Waals surface area contributed by atoms with E-state index < -0.39 is 0 Å². The highest BCUT2D eigenvalue weighted by Gasteiger charge is 2.13. The van der Waals surface area contributed by atoms with Crippen molar-refractivity contribution in [1.82, 2.24) is 4.98 Å². The minimum absolute atomic E-state index is 0.0606. The largest absolute Gasteiger partial charge is 0.497 e. The van der Waals surface area contributed by atoms with Crippen LogP contribution in [0.15, 0.2) is 66.9 Å². The van der Waals surface area contributed by atoms with Gasteiger partial charge in [0.25, 0.3) is 5.91 Å². The lowest BCUT2D eigenvalue weighted by Crippen LogP contribution is -2.14. The first kappa shape index (κ1) is 19.2. The van der Waals surface area contributed by atoms with Gasteiger partial charge in [0.2, 0.25) is 0 Å². The van der Waals surface area contributed by atoms with Crippen LogP contribution in [0, 0.1) is 0 Å². The van der Waals surface area contributed by atoms with E-state index in [0.717, 1.165) is 5.56 Å². The molecule has 1 heterocycles. The third-order valence-corrected chi connectivity index (χ3v) is 4.34. The van der Waals surface area contributed by atoms with Gasteiger partial charge < -0.3 is 20.1 Å². The molecule has 0 spiro atoms. The summed E-state index contributed by atoms with van der Waals surface area (Å²) in [5, 5.41) is 6.19. The van der Waals surface area contributed by atoms with Crippen molar-refractivity contribution in [1.29, 1.82) is 0 Å². The number of nitrogens with zero attached hydrogens (tertiary/aromatic N) is 1. The molecule has 1 aromatic heterocycles. The molecule has 1 unspecified atom stereocenters. The number of benzene rings is 2. The zero-order valence-electron chi connectivity index (χ0n) is 16.1. The summed E-state index contributed by atoms with van der Waals surface area (Å²) in [5.41, 5.74) is 2.17. The Morgan fingerprint density at radius 3 is 2.50 bits per heavy atom. The van der Waals surface area contributed by atoms with Gasteiger partial charge >= 0.3 is 0 Å². The highest BCUT2D eigenvalue weighted by molar-refractivity contribution is 6.05. The van der Waals surface area contributed by atoms with Crippen molar-refractivity contribution in [3.63, 3.8) is 0 Å². The Kier molecular flexibility index (Phi) is 6.11. The molecule has 3 aromatic rings. The molecule has 3 rings (SSSR count). The van der Waals surface area contributed by atoms with E-state index in [-0.39, 0.29) is 11.9 Å². The van der Waals surface area contributed by atoms with Crippen LogP contribution in [0.2, 0.25) is 0 Å². The Morgan fingerprint density at radius 2 is 1.79 bits per heavy atom. The van der Waals surface area contributed by atoms with Gasteiger partial charge in [0, 0.05) is 23.9 Å². The molecule has 0 fully saturated rings. The molecule has 0 radical (unpaired) electrons. The summed E-state index contributed by atoms with van der Waals surface area (Å²) >= 11 is 0. The second kappa shape index (κ2) is 8.90. The van der Waals surface area contributed by atoms with Gasteiger partial charge in [-0.15, -0.1) is 0 Å². The minimum atomic E-state index is -0.260. The molecule has 0 aliphatic heterocycles. The van der Waals surface area contributed by atoms with E-state index in [1.807, 2.05) is 37.3 Å². The van der Waals surface area contributed by atoms with E-state index in [9.17, 15) is 4.79 Å². The molecule has 1 amide bonds. The molecule has 2 N–H and O–H groups in total. The average Bonchev–Trinajstić information content (AvgIpc) is 2.74. The van der Waals surface area contributed by atoms with Gasteiger partial charge in [-0.2, -0.15) is 0 Å². The molecule has 6 heteroatoms. The highest BCUT2D eigenvalue weighted by Crippen LogP contribution is 2.29. The fraction of sp³-hybridized carbons (Fsp3) is 0.182. The van der Waals surface area contributed by atoms with Gasteiger partial charge in [0.1, 0.15) is 17.3 Å². The van der Waals surface area contributed by atoms with Crippen LogP contribution >= 0.6 is 0 Å². The molecule has 0 saturated heterocycles. The molecular formula is C22H23N3O3. The fourth-order valence-corrected chi connectivity index (χ4v) is 2.80. The maximum absolute atomic E-state index is 12.7. The summed E-state index contributed by atoms with van der Waals surface area (Å²) in [7, 11) is 3.12. The number of hydrogen-bond acceptors (Lipinski definition) is 5. The SMILES string of the molecule is COc1ccc(OC)c(NC(=O)c2ccnc(NC(C)c3ccccc3)c2)c1. The predicted octanol–water partition coefficient (Wildman–Crippen LogP) is 4.52. The third-order valence-electron chi connectivity index (χ3n) is 4.34. The summed E-state index contributed by atoms with van der Waals surface area (Å²) in [6.45, 7) is 2.05. The maximum atomic E-state index is 12.7. The summed E-state index contributed by atoms with van der Waals surface area (Å²) in [4.78, 5) is 17.0. The number of hydrogen-bond donors (Lipinski definition) is 2. The van der Waals surface area contributed by atoms with Crippen molar-refractivity contribution in [2.75, 3.05) is 24.9 Å². The average molecular weight is 377 g/mol. The maximum Gasteiger partial charge on any atom is 0.255 e. The van der Waals surface area contributed by atoms with Crippen LogP contribution in [0.25, 0.3) is 0 Å². The standard InChI is InChI=1S/C22H23N3O3/c1-15(16-7-5-4-6-8-16)24-21-13-17(11-12-23-21)22(26)25-19-14-18(27-2)9-10-20(19)28-3/h4-15H,1-3H3,(H,23,24)(H,25,26). The normalized spacial score (nSPS) is 11.4. The molecule has 1 atom stereocenters. The van der Waals surface area contributed by atoms with E-state index in [1.54, 1.807) is 50.7 Å². The van der Waals surface area contributed by atoms with Crippen LogP contribution in [-0.2, 0) is 0 Å². The number of carbonyl (C=O) groups is 1. The highest BCUT2D eigenvalue weighted by atomic mass is 16.5. The molecule has 6 nitrogen and oxygen atoms in total. The summed E-state index contributed by atoms with van der Waals surface area (Å²) in [6, 6.07) is 18.7. The van der Waals surface area contributed by atoms with Crippen molar-refractivity contribution in [3.8, 4) is 11.5 Å². The van der Waals surface area contributed by atoms with E-state index in [4.69, 9.17) is 9.47 Å². The van der Waals surface area contributed by atoms with E-state index in [1.165, 1.54) is 0 Å². The van der Waals surface area contributed by atoms with Gasteiger partial charge in [-0.3, -0.25) is 4.79 Å². The number of carbonyl (C=O) groups excluding carboxylic acids is 1. The second-order valence-electron chi connectivity index (χ2n) is 6.23. The first-order valence-corrected chi connectivity index (χ1v) is 8.91. The number of aromatic nitrogens is 1. The van der Waals surface area contributed by atoms with Crippen molar-refractivity contribution in [2.24, 2.45) is 0 Å². The van der Waals surface area contributed by atoms with Crippen LogP contribution < -0.4 is 20.1 Å². The van der Waals surface area contributed by atoms with E-state index >= 15 is 0 Å². The molecule has 2 aromatic carbocycles. The van der Waals surface area contributed by atoms with Crippen molar-refractivity contribution in [3.05, 3.63) is 78.0 Å². The third kappa shape index (κ3) is 4.59. The topological polar surface area (TPSA) is 72.5 Å². The van der Waals surface area contributed by atoms with E-state index in [2.05, 4.69) is 15.6 Å². The van der Waals surface area contributed by atoms with Gasteiger partial charge in [-0.05, 0) is 36.8 Å². The van der Waals surface area contributed by atoms with Crippen LogP contribution in [0.4, 0.5) is 11.5 Å². The molecule has 0 aliphatic rings. The van der Waals surface area contributed by atoms with Gasteiger partial charge in [-0.1, -0.05) is 30.3 Å². The van der Waals surface area contributed by atoms with Crippen LogP contribution in [0.1, 0.15) is 28.9 Å². The Hall–Kier alpha value is -3.54. The Labute approximate surface area is 164 Å². The molecule has 0 saturated carbocycles. The zero-order chi connectivity index (χ0) is 19.9. The summed E-state index contributed by atoms with van der Waals surface area (Å²) < 4.78 is 10.5. The van der Waals surface area contributed by atoms with Crippen LogP contribution in [-0.4, -0.2) is 25.1 Å². The minimum Gasteiger partial charge on any atom is -0.497 e. The first-order chi connectivity index (χ1) is 13.6. The number of methoxy groups -OCH3 is 2. The lowest BCUT2D eigenvalue weighted by molar-refractivity contribution is 0.102. The van der Waals surface area contributed by atoms with Crippen LogP contribution in [0.3, 0.4) is 0 Å². The number of ether oxygens (including phenoxy) is 2. The van der Waals surface area contributed by atoms with Gasteiger partial charge in [-0.25, -0.2) is 4.98 Å². The fourth-order valence-electron chi connectivity index (χ4n) is 2.80. The Balaban J connectivity index is 1.76. The van der Waals surface area contributed by atoms with Gasteiger partial charge in [0.05, 0.1) is 19.9 Å². The second-order valence-corrected chi connectivity index (χ2v) is 6.23. The molecule has 0 bridgehead atoms. The Morgan fingerprint density at radius 1 is 1.00 bits per heavy atom. The smallest absolute Gasteiger partial charge is 0.255 e. The van der Waals surface area contributed by atoms with Crippen molar-refractivity contribution >= 4 is 17.4 Å².